The third kappa shape index (κ3) is 3.61. The predicted octanol–water partition coefficient (Wildman–Crippen LogP) is 2.93. The van der Waals surface area contributed by atoms with Crippen molar-refractivity contribution < 1.29 is 14.7 Å². The van der Waals surface area contributed by atoms with Gasteiger partial charge in [0.1, 0.15) is 6.10 Å². The standard InChI is InChI=1S/C18H16N2O3S/c21-11-20-14-7-5-12(6-8-14)18(23)19-10-15(22)17-9-13-3-1-2-4-16(13)24-17/h1-9,11,15,22H,10H2,(H,19,23)(H,20,21)/t15-/m1/s1. The zero-order valence-electron chi connectivity index (χ0n) is 12.7. The summed E-state index contributed by atoms with van der Waals surface area (Å²) in [6, 6.07) is 16.4. The zero-order valence-corrected chi connectivity index (χ0v) is 13.5. The molecule has 0 aliphatic rings. The molecule has 0 saturated carbocycles. The van der Waals surface area contributed by atoms with Crippen LogP contribution in [0.1, 0.15) is 21.3 Å². The van der Waals surface area contributed by atoms with Crippen molar-refractivity contribution in [2.45, 2.75) is 6.10 Å². The van der Waals surface area contributed by atoms with Gasteiger partial charge in [0.05, 0.1) is 0 Å². The monoisotopic (exact) mass is 340 g/mol. The number of rotatable bonds is 6. The predicted molar refractivity (Wildman–Crippen MR) is 95.2 cm³/mol. The molecule has 0 spiro atoms. The van der Waals surface area contributed by atoms with Gasteiger partial charge in [-0.2, -0.15) is 0 Å². The van der Waals surface area contributed by atoms with Crippen molar-refractivity contribution in [1.29, 1.82) is 0 Å². The normalized spacial score (nSPS) is 11.9. The second-order valence-electron chi connectivity index (χ2n) is 5.25. The molecule has 5 nitrogen and oxygen atoms in total. The van der Waals surface area contributed by atoms with Crippen molar-refractivity contribution in [3.63, 3.8) is 0 Å². The Bertz CT molecular complexity index is 825. The maximum atomic E-state index is 12.1. The minimum absolute atomic E-state index is 0.139. The van der Waals surface area contributed by atoms with Crippen LogP contribution in [0, 0.1) is 0 Å². The largest absolute Gasteiger partial charge is 0.386 e. The highest BCUT2D eigenvalue weighted by Crippen LogP contribution is 2.29. The second kappa shape index (κ2) is 7.25. The lowest BCUT2D eigenvalue weighted by Gasteiger charge is -2.10. The maximum absolute atomic E-state index is 12.1. The number of thiophene rings is 1. The molecule has 0 fully saturated rings. The van der Waals surface area contributed by atoms with Crippen LogP contribution in [-0.2, 0) is 4.79 Å². The van der Waals surface area contributed by atoms with Crippen LogP contribution in [0.3, 0.4) is 0 Å². The first-order valence-corrected chi connectivity index (χ1v) is 8.24. The molecule has 3 N–H and O–H groups in total. The molecule has 0 radical (unpaired) electrons. The summed E-state index contributed by atoms with van der Waals surface area (Å²) in [6.07, 6.45) is -0.168. The van der Waals surface area contributed by atoms with E-state index >= 15 is 0 Å². The quantitative estimate of drug-likeness (QED) is 0.604. The van der Waals surface area contributed by atoms with Crippen LogP contribution < -0.4 is 10.6 Å². The first kappa shape index (κ1) is 16.2. The summed E-state index contributed by atoms with van der Waals surface area (Å²) in [6.45, 7) is 0.139. The number of hydrogen-bond acceptors (Lipinski definition) is 4. The Morgan fingerprint density at radius 3 is 2.62 bits per heavy atom. The summed E-state index contributed by atoms with van der Waals surface area (Å²) in [7, 11) is 0. The van der Waals surface area contributed by atoms with Crippen molar-refractivity contribution in [3.05, 3.63) is 65.0 Å². The molecule has 2 aromatic carbocycles. The van der Waals surface area contributed by atoms with Gasteiger partial charge in [-0.25, -0.2) is 0 Å². The molecule has 24 heavy (non-hydrogen) atoms. The van der Waals surface area contributed by atoms with Gasteiger partial charge in [0.25, 0.3) is 5.91 Å². The summed E-state index contributed by atoms with van der Waals surface area (Å²) in [5, 5.41) is 16.6. The number of aliphatic hydroxyl groups excluding tert-OH is 1. The van der Waals surface area contributed by atoms with Crippen molar-refractivity contribution in [3.8, 4) is 0 Å². The van der Waals surface area contributed by atoms with Crippen LogP contribution in [0.5, 0.6) is 0 Å². The lowest BCUT2D eigenvalue weighted by Crippen LogP contribution is -2.28. The van der Waals surface area contributed by atoms with E-state index < -0.39 is 6.10 Å². The van der Waals surface area contributed by atoms with Gasteiger partial charge in [0.2, 0.25) is 6.41 Å². The number of carbonyl (C=O) groups excluding carboxylic acids is 2. The molecule has 3 rings (SSSR count). The number of anilines is 1. The summed E-state index contributed by atoms with van der Waals surface area (Å²) >= 11 is 1.52. The molecule has 3 aromatic rings. The van der Waals surface area contributed by atoms with Crippen LogP contribution in [0.25, 0.3) is 10.1 Å². The third-order valence-corrected chi connectivity index (χ3v) is 4.82. The molecule has 0 aliphatic carbocycles. The number of aliphatic hydroxyl groups is 1. The van der Waals surface area contributed by atoms with Gasteiger partial charge in [0.15, 0.2) is 0 Å². The zero-order chi connectivity index (χ0) is 16.9. The maximum Gasteiger partial charge on any atom is 0.251 e. The molecular weight excluding hydrogens is 324 g/mol. The number of carbonyl (C=O) groups is 2. The van der Waals surface area contributed by atoms with E-state index in [9.17, 15) is 14.7 Å². The Balaban J connectivity index is 1.61. The van der Waals surface area contributed by atoms with Crippen molar-refractivity contribution in [2.75, 3.05) is 11.9 Å². The van der Waals surface area contributed by atoms with Crippen molar-refractivity contribution in [2.24, 2.45) is 0 Å². The van der Waals surface area contributed by atoms with Gasteiger partial charge in [0, 0.05) is 27.4 Å². The second-order valence-corrected chi connectivity index (χ2v) is 6.37. The van der Waals surface area contributed by atoms with E-state index in [0.717, 1.165) is 15.0 Å². The van der Waals surface area contributed by atoms with E-state index in [1.807, 2.05) is 30.3 Å². The molecular formula is C18H16N2O3S. The number of fused-ring (bicyclic) bond motifs is 1. The Morgan fingerprint density at radius 2 is 1.92 bits per heavy atom. The van der Waals surface area contributed by atoms with E-state index in [-0.39, 0.29) is 12.5 Å². The van der Waals surface area contributed by atoms with Gasteiger partial charge in [-0.05, 0) is 41.8 Å². The van der Waals surface area contributed by atoms with E-state index in [1.165, 1.54) is 11.3 Å². The van der Waals surface area contributed by atoms with Crippen LogP contribution in [0.15, 0.2) is 54.6 Å². The van der Waals surface area contributed by atoms with E-state index in [2.05, 4.69) is 10.6 Å². The van der Waals surface area contributed by atoms with Crippen LogP contribution in [-0.4, -0.2) is 24.0 Å². The highest BCUT2D eigenvalue weighted by Gasteiger charge is 2.13. The Morgan fingerprint density at radius 1 is 1.17 bits per heavy atom. The van der Waals surface area contributed by atoms with Gasteiger partial charge < -0.3 is 15.7 Å². The van der Waals surface area contributed by atoms with Crippen LogP contribution in [0.2, 0.25) is 0 Å². The average Bonchev–Trinajstić information content (AvgIpc) is 3.04. The number of hydrogen-bond donors (Lipinski definition) is 3. The minimum atomic E-state index is -0.748. The van der Waals surface area contributed by atoms with Crippen molar-refractivity contribution in [1.82, 2.24) is 5.32 Å². The molecule has 0 bridgehead atoms. The molecule has 122 valence electrons. The smallest absolute Gasteiger partial charge is 0.251 e. The summed E-state index contributed by atoms with van der Waals surface area (Å²) < 4.78 is 1.11. The molecule has 0 saturated heterocycles. The highest BCUT2D eigenvalue weighted by molar-refractivity contribution is 7.19. The molecule has 2 amide bonds. The molecule has 1 heterocycles. The van der Waals surface area contributed by atoms with Crippen LogP contribution in [0.4, 0.5) is 5.69 Å². The fourth-order valence-electron chi connectivity index (χ4n) is 2.34. The van der Waals surface area contributed by atoms with Gasteiger partial charge in [-0.15, -0.1) is 11.3 Å². The fraction of sp³-hybridized carbons (Fsp3) is 0.111. The van der Waals surface area contributed by atoms with Gasteiger partial charge in [-0.3, -0.25) is 9.59 Å². The Labute approximate surface area is 142 Å². The number of nitrogens with one attached hydrogen (secondary N) is 2. The topological polar surface area (TPSA) is 78.4 Å². The number of benzene rings is 2. The first-order chi connectivity index (χ1) is 11.7. The molecule has 6 heteroatoms. The summed E-state index contributed by atoms with van der Waals surface area (Å²) in [5.41, 5.74) is 1.09. The molecule has 1 atom stereocenters. The third-order valence-electron chi connectivity index (χ3n) is 3.60. The Hall–Kier alpha value is -2.70. The fourth-order valence-corrected chi connectivity index (χ4v) is 3.40. The van der Waals surface area contributed by atoms with E-state index in [0.29, 0.717) is 17.7 Å². The number of amides is 2. The molecule has 0 unspecified atom stereocenters. The van der Waals surface area contributed by atoms with Crippen molar-refractivity contribution >= 4 is 39.4 Å². The molecule has 1 aromatic heterocycles. The summed E-state index contributed by atoms with van der Waals surface area (Å²) in [4.78, 5) is 23.3. The van der Waals surface area contributed by atoms with E-state index in [1.54, 1.807) is 24.3 Å². The summed E-state index contributed by atoms with van der Waals surface area (Å²) in [5.74, 6) is -0.271. The minimum Gasteiger partial charge on any atom is -0.386 e. The lowest BCUT2D eigenvalue weighted by molar-refractivity contribution is -0.105. The SMILES string of the molecule is O=CNc1ccc(C(=O)NC[C@@H](O)c2cc3ccccc3s2)cc1. The molecule has 0 aliphatic heterocycles. The van der Waals surface area contributed by atoms with Gasteiger partial charge >= 0.3 is 0 Å². The lowest BCUT2D eigenvalue weighted by atomic mass is 10.2. The average molecular weight is 340 g/mol. The van der Waals surface area contributed by atoms with Crippen LogP contribution >= 0.6 is 11.3 Å². The highest BCUT2D eigenvalue weighted by atomic mass is 32.1. The van der Waals surface area contributed by atoms with E-state index in [4.69, 9.17) is 0 Å². The Kier molecular flexibility index (Phi) is 4.88. The van der Waals surface area contributed by atoms with Gasteiger partial charge in [-0.1, -0.05) is 18.2 Å². The first-order valence-electron chi connectivity index (χ1n) is 7.42.